The summed E-state index contributed by atoms with van der Waals surface area (Å²) in [5.74, 6) is 2.13. The zero-order valence-electron chi connectivity index (χ0n) is 31.7. The SMILES string of the molecule is CC(C)(C)c1ccc2c(c1)[cH-]c1cc(C(C)(C)C)ccc12.CC(C)c1cc([C](=[Zr])C2CCCC2)cc(C(C)C)c1.[CH3-].[CH3-].c1cc[cH-]c1. The first-order valence-electron chi connectivity index (χ1n) is 17.2. The van der Waals surface area contributed by atoms with Crippen molar-refractivity contribution in [3.63, 3.8) is 0 Å². The minimum absolute atomic E-state index is 0. The summed E-state index contributed by atoms with van der Waals surface area (Å²) in [6, 6.07) is 33.5. The topological polar surface area (TPSA) is 0 Å². The van der Waals surface area contributed by atoms with Crippen molar-refractivity contribution in [3.8, 4) is 0 Å². The monoisotopic (exact) mass is 704 g/mol. The molecule has 1 aliphatic carbocycles. The molecule has 0 bridgehead atoms. The molecule has 47 heavy (non-hydrogen) atoms. The molecule has 0 saturated heterocycles. The second kappa shape index (κ2) is 17.3. The third kappa shape index (κ3) is 10.8. The number of benzene rings is 3. The number of hydrogen-bond donors (Lipinski definition) is 0. The van der Waals surface area contributed by atoms with Crippen LogP contribution in [-0.4, -0.2) is 3.21 Å². The van der Waals surface area contributed by atoms with Gasteiger partial charge in [-0.05, 0) is 10.8 Å². The van der Waals surface area contributed by atoms with Crippen LogP contribution in [0.25, 0.3) is 21.5 Å². The van der Waals surface area contributed by atoms with E-state index in [0.717, 1.165) is 5.92 Å². The molecule has 1 saturated carbocycles. The van der Waals surface area contributed by atoms with Gasteiger partial charge in [0.15, 0.2) is 0 Å². The first-order valence-corrected chi connectivity index (χ1v) is 18.4. The predicted molar refractivity (Wildman–Crippen MR) is 210 cm³/mol. The summed E-state index contributed by atoms with van der Waals surface area (Å²) in [5.41, 5.74) is 7.78. The van der Waals surface area contributed by atoms with E-state index in [0.29, 0.717) is 11.8 Å². The minimum atomic E-state index is 0. The van der Waals surface area contributed by atoms with Crippen molar-refractivity contribution in [1.82, 2.24) is 0 Å². The molecule has 0 heterocycles. The number of hydrogen-bond acceptors (Lipinski definition) is 0. The number of fused-ring (bicyclic) bond motifs is 3. The molecule has 1 fully saturated rings. The van der Waals surface area contributed by atoms with E-state index < -0.39 is 0 Å². The Labute approximate surface area is 304 Å². The Bertz CT molecular complexity index is 1560. The summed E-state index contributed by atoms with van der Waals surface area (Å²) in [7, 11) is 0. The van der Waals surface area contributed by atoms with E-state index in [1.54, 1.807) is 33.0 Å². The van der Waals surface area contributed by atoms with Crippen LogP contribution in [0.4, 0.5) is 0 Å². The molecular weight excluding hydrogens is 644 g/mol. The molecule has 0 unspecified atom stereocenters. The molecule has 254 valence electrons. The average Bonchev–Trinajstić information content (AvgIpc) is 3.78. The normalized spacial score (nSPS) is 13.4. The maximum atomic E-state index is 2.46. The smallest absolute Gasteiger partial charge is 0.172 e. The van der Waals surface area contributed by atoms with Crippen LogP contribution in [0.1, 0.15) is 135 Å². The molecule has 1 heteroatoms. The standard InChI is InChI=1S/C21H25.C18H26.C5H5.2CH3.Zr/c1-20(2,3)16-7-9-18-14(12-16)11-15-13-17(21(4,5)6)8-10-19(15)18;1-13(2)17-10-16(9-15-7-5-6-8-15)11-18(12-17)14(3)4;1-2-4-5-3-1;;;/h7-13H,1-6H3;10-15H,5-8H2,1-4H3;1-5H;2*1H3;/q-1;;3*-1;. The fourth-order valence-corrected chi connectivity index (χ4v) is 7.29. The second-order valence-corrected chi connectivity index (χ2v) is 17.1. The zero-order chi connectivity index (χ0) is 32.9. The Morgan fingerprint density at radius 3 is 1.43 bits per heavy atom. The minimum Gasteiger partial charge on any atom is -0.358 e. The quantitative estimate of drug-likeness (QED) is 0.163. The Morgan fingerprint density at radius 1 is 0.660 bits per heavy atom. The summed E-state index contributed by atoms with van der Waals surface area (Å²) < 4.78 is 1.72. The fraction of sp³-hybridized carbons (Fsp3) is 0.413. The van der Waals surface area contributed by atoms with Gasteiger partial charge in [0.1, 0.15) is 0 Å². The molecule has 5 aromatic carbocycles. The summed E-state index contributed by atoms with van der Waals surface area (Å²) >= 11 is 1.62. The fourth-order valence-electron chi connectivity index (χ4n) is 6.23. The van der Waals surface area contributed by atoms with Crippen molar-refractivity contribution in [2.24, 2.45) is 5.92 Å². The van der Waals surface area contributed by atoms with Gasteiger partial charge in [0.05, 0.1) is 0 Å². The summed E-state index contributed by atoms with van der Waals surface area (Å²) in [6.07, 6.45) is 5.71. The van der Waals surface area contributed by atoms with Gasteiger partial charge in [0.2, 0.25) is 0 Å². The molecule has 6 rings (SSSR count). The molecule has 0 aliphatic heterocycles. The van der Waals surface area contributed by atoms with Crippen LogP contribution in [-0.2, 0) is 35.1 Å². The van der Waals surface area contributed by atoms with E-state index in [-0.39, 0.29) is 25.7 Å². The van der Waals surface area contributed by atoms with E-state index in [1.165, 1.54) is 69.5 Å². The van der Waals surface area contributed by atoms with E-state index in [1.807, 2.05) is 30.3 Å². The molecule has 1 aliphatic rings. The van der Waals surface area contributed by atoms with Crippen LogP contribution < -0.4 is 0 Å². The Balaban J connectivity index is 0.000000275. The summed E-state index contributed by atoms with van der Waals surface area (Å²) in [6.45, 7) is 22.9. The van der Waals surface area contributed by atoms with Gasteiger partial charge in [-0.1, -0.05) is 76.9 Å². The van der Waals surface area contributed by atoms with E-state index >= 15 is 0 Å². The van der Waals surface area contributed by atoms with Crippen molar-refractivity contribution in [2.45, 2.75) is 118 Å². The van der Waals surface area contributed by atoms with Gasteiger partial charge >= 0.3 is 133 Å². The summed E-state index contributed by atoms with van der Waals surface area (Å²) in [4.78, 5) is 0. The largest absolute Gasteiger partial charge is 0.358 e. The van der Waals surface area contributed by atoms with Gasteiger partial charge in [-0.2, -0.15) is 18.2 Å². The van der Waals surface area contributed by atoms with Crippen molar-refractivity contribution in [2.75, 3.05) is 0 Å². The van der Waals surface area contributed by atoms with Crippen LogP contribution in [0.3, 0.4) is 0 Å². The Kier molecular flexibility index (Phi) is 15.1. The van der Waals surface area contributed by atoms with Crippen molar-refractivity contribution < 1.29 is 24.2 Å². The van der Waals surface area contributed by atoms with Crippen LogP contribution in [0.15, 0.2) is 91.0 Å². The molecule has 0 atom stereocenters. The van der Waals surface area contributed by atoms with Crippen LogP contribution in [0, 0.1) is 20.8 Å². The van der Waals surface area contributed by atoms with Gasteiger partial charge in [0, 0.05) is 0 Å². The summed E-state index contributed by atoms with van der Waals surface area (Å²) in [5, 5.41) is 5.48. The molecule has 5 aromatic rings. The zero-order valence-corrected chi connectivity index (χ0v) is 34.2. The van der Waals surface area contributed by atoms with Gasteiger partial charge in [-0.25, -0.2) is 12.1 Å². The molecular formula is C46H62Zr-4. The maximum absolute atomic E-state index is 2.46. The van der Waals surface area contributed by atoms with Gasteiger partial charge in [-0.3, -0.25) is 0 Å². The first kappa shape index (κ1) is 40.8. The average molecular weight is 706 g/mol. The molecule has 0 radical (unpaired) electrons. The van der Waals surface area contributed by atoms with Crippen LogP contribution >= 0.6 is 0 Å². The molecule has 0 spiro atoms. The van der Waals surface area contributed by atoms with Crippen LogP contribution in [0.5, 0.6) is 0 Å². The first-order chi connectivity index (χ1) is 21.1. The Hall–Kier alpha value is -2.37. The third-order valence-corrected chi connectivity index (χ3v) is 11.1. The van der Waals surface area contributed by atoms with E-state index in [2.05, 4.69) is 130 Å². The predicted octanol–water partition coefficient (Wildman–Crippen LogP) is 13.8. The van der Waals surface area contributed by atoms with Gasteiger partial charge < -0.3 is 14.9 Å². The molecule has 0 amide bonds. The Morgan fingerprint density at radius 2 is 1.09 bits per heavy atom. The molecule has 0 nitrogen and oxygen atoms in total. The van der Waals surface area contributed by atoms with Crippen molar-refractivity contribution >= 4 is 24.8 Å². The third-order valence-electron chi connectivity index (χ3n) is 9.38. The van der Waals surface area contributed by atoms with E-state index in [9.17, 15) is 0 Å². The van der Waals surface area contributed by atoms with Crippen LogP contribution in [0.2, 0.25) is 0 Å². The molecule has 0 N–H and O–H groups in total. The van der Waals surface area contributed by atoms with Gasteiger partial charge in [0.25, 0.3) is 0 Å². The van der Waals surface area contributed by atoms with Crippen molar-refractivity contribution in [3.05, 3.63) is 134 Å². The van der Waals surface area contributed by atoms with Gasteiger partial charge in [-0.15, -0.1) is 39.7 Å². The molecule has 0 aromatic heterocycles. The number of rotatable bonds is 4. The second-order valence-electron chi connectivity index (χ2n) is 15.8. The van der Waals surface area contributed by atoms with E-state index in [4.69, 9.17) is 0 Å². The maximum Gasteiger partial charge on any atom is -0.172 e. The van der Waals surface area contributed by atoms with Crippen molar-refractivity contribution in [1.29, 1.82) is 0 Å².